The highest BCUT2D eigenvalue weighted by Gasteiger charge is 2.24. The summed E-state index contributed by atoms with van der Waals surface area (Å²) in [7, 11) is 3.00. The normalized spacial score (nSPS) is 12.1. The molecule has 8 nitrogen and oxygen atoms in total. The van der Waals surface area contributed by atoms with Crippen LogP contribution in [0, 0.1) is 0 Å². The average Bonchev–Trinajstić information content (AvgIpc) is 3.28. The van der Waals surface area contributed by atoms with E-state index in [1.807, 2.05) is 18.2 Å². The Balaban J connectivity index is 2.16. The maximum Gasteiger partial charge on any atom is 0.328 e. The van der Waals surface area contributed by atoms with Crippen molar-refractivity contribution >= 4 is 12.0 Å². The third-order valence-electron chi connectivity index (χ3n) is 4.46. The molecule has 0 saturated carbocycles. The van der Waals surface area contributed by atoms with Gasteiger partial charge in [0.2, 0.25) is 0 Å². The Hall–Kier alpha value is -3.59. The Morgan fingerprint density at radius 1 is 1.03 bits per heavy atom. The van der Waals surface area contributed by atoms with Crippen molar-refractivity contribution in [3.63, 3.8) is 0 Å². The molecule has 0 fully saturated rings. The van der Waals surface area contributed by atoms with E-state index in [0.717, 1.165) is 6.08 Å². The first-order valence-electron chi connectivity index (χ1n) is 9.69. The summed E-state index contributed by atoms with van der Waals surface area (Å²) in [5.41, 5.74) is 1.62. The number of aliphatic hydroxyl groups excluding tert-OH is 1. The molecule has 1 aromatic heterocycles. The number of ether oxygens (including phenoxy) is 4. The fraction of sp³-hybridized carbons (Fsp3) is 0.208. The highest BCUT2D eigenvalue weighted by atomic mass is 16.7. The first kappa shape index (κ1) is 23.1. The molecule has 0 aliphatic rings. The summed E-state index contributed by atoms with van der Waals surface area (Å²) in [6, 6.07) is 15.7. The van der Waals surface area contributed by atoms with Crippen molar-refractivity contribution in [1.29, 1.82) is 0 Å². The van der Waals surface area contributed by atoms with Crippen molar-refractivity contribution in [2.75, 3.05) is 27.8 Å². The first-order chi connectivity index (χ1) is 15.5. The number of aliphatic hydroxyl groups is 1. The Morgan fingerprint density at radius 3 is 2.44 bits per heavy atom. The van der Waals surface area contributed by atoms with Crippen molar-refractivity contribution in [3.05, 3.63) is 77.6 Å². The summed E-state index contributed by atoms with van der Waals surface area (Å²) in [6.07, 6.45) is 1.29. The molecule has 1 unspecified atom stereocenters. The number of furan rings is 1. The number of hydrogen-bond donors (Lipinski definition) is 2. The third kappa shape index (κ3) is 5.76. The van der Waals surface area contributed by atoms with Gasteiger partial charge in [-0.3, -0.25) is 0 Å². The molecule has 0 spiro atoms. The largest absolute Gasteiger partial charge is 0.478 e. The molecular weight excluding hydrogens is 416 g/mol. The second-order valence-corrected chi connectivity index (χ2v) is 6.67. The molecule has 168 valence electrons. The standard InChI is InChI=1S/C24H24O8/c1-28-14-30-18-12-19(24(27)16-6-4-3-5-7-16)23(21(13-18)31-15-29-2)20-10-8-17(32-20)9-11-22(25)26/h3-13,24,27H,14-15H2,1-2H3,(H,25,26). The summed E-state index contributed by atoms with van der Waals surface area (Å²) >= 11 is 0. The number of rotatable bonds is 11. The fourth-order valence-corrected chi connectivity index (χ4v) is 3.08. The van der Waals surface area contributed by atoms with Crippen LogP contribution in [0.5, 0.6) is 11.5 Å². The second kappa shape index (κ2) is 11.1. The van der Waals surface area contributed by atoms with Gasteiger partial charge in [-0.05, 0) is 29.8 Å². The number of carboxylic acid groups (broad SMARTS) is 1. The fourth-order valence-electron chi connectivity index (χ4n) is 3.08. The average molecular weight is 440 g/mol. The van der Waals surface area contributed by atoms with E-state index >= 15 is 0 Å². The zero-order valence-corrected chi connectivity index (χ0v) is 17.7. The molecule has 2 N–H and O–H groups in total. The molecule has 32 heavy (non-hydrogen) atoms. The molecule has 0 amide bonds. The summed E-state index contributed by atoms with van der Waals surface area (Å²) in [5.74, 6) is 0.397. The van der Waals surface area contributed by atoms with Crippen LogP contribution >= 0.6 is 0 Å². The van der Waals surface area contributed by atoms with Gasteiger partial charge in [-0.1, -0.05) is 30.3 Å². The highest BCUT2D eigenvalue weighted by Crippen LogP contribution is 2.42. The van der Waals surface area contributed by atoms with Crippen molar-refractivity contribution in [3.8, 4) is 22.8 Å². The van der Waals surface area contributed by atoms with Crippen LogP contribution in [0.15, 0.2) is 65.1 Å². The number of aliphatic carboxylic acids is 1. The molecule has 1 atom stereocenters. The molecule has 8 heteroatoms. The minimum atomic E-state index is -1.09. The van der Waals surface area contributed by atoms with E-state index in [4.69, 9.17) is 28.5 Å². The number of hydrogen-bond acceptors (Lipinski definition) is 7. The maximum atomic E-state index is 11.2. The SMILES string of the molecule is COCOc1cc(OCOC)c(-c2ccc(C=CC(=O)O)o2)c(C(O)c2ccccc2)c1. The van der Waals surface area contributed by atoms with E-state index in [0.29, 0.717) is 39.7 Å². The quantitative estimate of drug-likeness (QED) is 0.339. The Labute approximate surface area is 185 Å². The summed E-state index contributed by atoms with van der Waals surface area (Å²) in [5, 5.41) is 20.1. The topological polar surface area (TPSA) is 108 Å². The van der Waals surface area contributed by atoms with E-state index in [1.54, 1.807) is 36.4 Å². The number of benzene rings is 2. The van der Waals surface area contributed by atoms with Crippen LogP contribution in [-0.4, -0.2) is 44.0 Å². The van der Waals surface area contributed by atoms with Gasteiger partial charge in [0.15, 0.2) is 13.6 Å². The predicted molar refractivity (Wildman–Crippen MR) is 116 cm³/mol. The van der Waals surface area contributed by atoms with E-state index in [-0.39, 0.29) is 13.6 Å². The van der Waals surface area contributed by atoms with Crippen LogP contribution in [0.1, 0.15) is 23.0 Å². The van der Waals surface area contributed by atoms with Crippen molar-refractivity contribution in [2.24, 2.45) is 0 Å². The van der Waals surface area contributed by atoms with Crippen LogP contribution in [0.4, 0.5) is 0 Å². The molecule has 0 saturated heterocycles. The third-order valence-corrected chi connectivity index (χ3v) is 4.46. The lowest BCUT2D eigenvalue weighted by Gasteiger charge is -2.20. The molecule has 2 aromatic carbocycles. The van der Waals surface area contributed by atoms with Crippen LogP contribution < -0.4 is 9.47 Å². The zero-order chi connectivity index (χ0) is 22.9. The van der Waals surface area contributed by atoms with E-state index in [1.165, 1.54) is 20.3 Å². The van der Waals surface area contributed by atoms with Gasteiger partial charge in [-0.15, -0.1) is 0 Å². The minimum Gasteiger partial charge on any atom is -0.478 e. The zero-order valence-electron chi connectivity index (χ0n) is 17.7. The van der Waals surface area contributed by atoms with Gasteiger partial charge in [0.1, 0.15) is 29.1 Å². The van der Waals surface area contributed by atoms with Crippen molar-refractivity contribution < 1.29 is 38.4 Å². The summed E-state index contributed by atoms with van der Waals surface area (Å²) in [6.45, 7) is -0.0388. The van der Waals surface area contributed by atoms with Gasteiger partial charge < -0.3 is 33.6 Å². The Kier molecular flexibility index (Phi) is 8.04. The highest BCUT2D eigenvalue weighted by molar-refractivity contribution is 5.85. The van der Waals surface area contributed by atoms with Crippen molar-refractivity contribution in [1.82, 2.24) is 0 Å². The molecule has 0 radical (unpaired) electrons. The molecule has 3 rings (SSSR count). The van der Waals surface area contributed by atoms with Gasteiger partial charge in [0.25, 0.3) is 0 Å². The Morgan fingerprint density at radius 2 is 1.75 bits per heavy atom. The van der Waals surface area contributed by atoms with E-state index < -0.39 is 12.1 Å². The molecule has 0 aliphatic heterocycles. The number of carbonyl (C=O) groups is 1. The van der Waals surface area contributed by atoms with Crippen LogP contribution in [0.3, 0.4) is 0 Å². The van der Waals surface area contributed by atoms with Gasteiger partial charge in [0, 0.05) is 31.9 Å². The number of methoxy groups -OCH3 is 2. The smallest absolute Gasteiger partial charge is 0.328 e. The lowest BCUT2D eigenvalue weighted by atomic mass is 9.94. The molecular formula is C24H24O8. The van der Waals surface area contributed by atoms with Crippen LogP contribution in [0.25, 0.3) is 17.4 Å². The van der Waals surface area contributed by atoms with Crippen molar-refractivity contribution in [2.45, 2.75) is 6.10 Å². The summed E-state index contributed by atoms with van der Waals surface area (Å²) < 4.78 is 27.3. The second-order valence-electron chi connectivity index (χ2n) is 6.67. The first-order valence-corrected chi connectivity index (χ1v) is 9.69. The molecule has 0 aliphatic carbocycles. The van der Waals surface area contributed by atoms with Crippen LogP contribution in [0.2, 0.25) is 0 Å². The minimum absolute atomic E-state index is 0.00875. The predicted octanol–water partition coefficient (Wildman–Crippen LogP) is 4.09. The monoisotopic (exact) mass is 440 g/mol. The Bertz CT molecular complexity index is 1060. The maximum absolute atomic E-state index is 11.2. The summed E-state index contributed by atoms with van der Waals surface area (Å²) in [4.78, 5) is 10.8. The lowest BCUT2D eigenvalue weighted by Crippen LogP contribution is -2.08. The van der Waals surface area contributed by atoms with Gasteiger partial charge in [0.05, 0.1) is 5.56 Å². The number of carboxylic acids is 1. The lowest BCUT2D eigenvalue weighted by molar-refractivity contribution is -0.131. The van der Waals surface area contributed by atoms with Gasteiger partial charge in [-0.25, -0.2) is 4.79 Å². The molecule has 3 aromatic rings. The molecule has 0 bridgehead atoms. The van der Waals surface area contributed by atoms with Gasteiger partial charge >= 0.3 is 5.97 Å². The molecule has 1 heterocycles. The van der Waals surface area contributed by atoms with Gasteiger partial charge in [-0.2, -0.15) is 0 Å². The van der Waals surface area contributed by atoms with E-state index in [2.05, 4.69) is 0 Å². The van der Waals surface area contributed by atoms with E-state index in [9.17, 15) is 9.90 Å². The van der Waals surface area contributed by atoms with Crippen LogP contribution in [-0.2, 0) is 14.3 Å².